The normalized spacial score (nSPS) is 17.8. The van der Waals surface area contributed by atoms with Crippen molar-refractivity contribution in [3.8, 4) is 5.75 Å². The van der Waals surface area contributed by atoms with E-state index in [1.54, 1.807) is 7.11 Å². The number of aryl methyl sites for hydroxylation is 1. The van der Waals surface area contributed by atoms with E-state index in [2.05, 4.69) is 58.9 Å². The van der Waals surface area contributed by atoms with Crippen LogP contribution in [0.2, 0.25) is 0 Å². The van der Waals surface area contributed by atoms with E-state index < -0.39 is 0 Å². The lowest BCUT2D eigenvalue weighted by molar-refractivity contribution is 0.171. The molecule has 1 unspecified atom stereocenters. The molecule has 4 heteroatoms. The van der Waals surface area contributed by atoms with Gasteiger partial charge in [-0.05, 0) is 54.8 Å². The number of rotatable bonds is 8. The van der Waals surface area contributed by atoms with Crippen LogP contribution in [0.5, 0.6) is 5.75 Å². The van der Waals surface area contributed by atoms with E-state index in [0.717, 1.165) is 51.3 Å². The Morgan fingerprint density at radius 2 is 1.88 bits per heavy atom. The number of anilines is 1. The van der Waals surface area contributed by atoms with Crippen molar-refractivity contribution < 1.29 is 4.74 Å². The van der Waals surface area contributed by atoms with Gasteiger partial charge in [-0.2, -0.15) is 0 Å². The predicted molar refractivity (Wildman–Crippen MR) is 109 cm³/mol. The largest absolute Gasteiger partial charge is 0.497 e. The molecular weight excluding hydrogens is 322 g/mol. The van der Waals surface area contributed by atoms with Crippen LogP contribution in [-0.4, -0.2) is 44.7 Å². The number of piperazine rings is 1. The topological polar surface area (TPSA) is 36.5 Å². The van der Waals surface area contributed by atoms with Gasteiger partial charge in [-0.25, -0.2) is 0 Å². The van der Waals surface area contributed by atoms with Crippen LogP contribution >= 0.6 is 0 Å². The summed E-state index contributed by atoms with van der Waals surface area (Å²) in [4.78, 5) is 2.55. The average Bonchev–Trinajstić information content (AvgIpc) is 2.72. The Morgan fingerprint density at radius 3 is 2.58 bits per heavy atom. The Hall–Kier alpha value is -2.04. The third-order valence-corrected chi connectivity index (χ3v) is 5.19. The van der Waals surface area contributed by atoms with E-state index in [9.17, 15) is 0 Å². The second-order valence-corrected chi connectivity index (χ2v) is 6.85. The summed E-state index contributed by atoms with van der Waals surface area (Å²) in [5.41, 5.74) is 3.96. The lowest BCUT2D eigenvalue weighted by atomic mass is 10.0. The molecule has 1 aliphatic rings. The Balaban J connectivity index is 1.45. The fraction of sp³-hybridized carbons (Fsp3) is 0.455. The maximum atomic E-state index is 5.20. The van der Waals surface area contributed by atoms with Crippen LogP contribution in [0.1, 0.15) is 30.5 Å². The van der Waals surface area contributed by atoms with Crippen LogP contribution < -0.4 is 15.4 Å². The minimum absolute atomic E-state index is 0.498. The Kier molecular flexibility index (Phi) is 6.92. The Morgan fingerprint density at radius 1 is 1.12 bits per heavy atom. The predicted octanol–water partition coefficient (Wildman–Crippen LogP) is 3.71. The average molecular weight is 354 g/mol. The third-order valence-electron chi connectivity index (χ3n) is 5.19. The molecule has 26 heavy (non-hydrogen) atoms. The molecule has 2 aromatic carbocycles. The van der Waals surface area contributed by atoms with Gasteiger partial charge >= 0.3 is 0 Å². The van der Waals surface area contributed by atoms with Gasteiger partial charge in [0.05, 0.1) is 7.11 Å². The van der Waals surface area contributed by atoms with Gasteiger partial charge in [0.25, 0.3) is 0 Å². The van der Waals surface area contributed by atoms with E-state index in [1.807, 2.05) is 12.1 Å². The van der Waals surface area contributed by atoms with Gasteiger partial charge in [-0.15, -0.1) is 0 Å². The molecular formula is C22H31N3O. The fourth-order valence-corrected chi connectivity index (χ4v) is 3.59. The molecule has 0 aromatic heterocycles. The zero-order valence-electron chi connectivity index (χ0n) is 16.0. The van der Waals surface area contributed by atoms with E-state index in [-0.39, 0.29) is 0 Å². The highest BCUT2D eigenvalue weighted by molar-refractivity contribution is 5.45. The molecule has 1 saturated heterocycles. The molecule has 1 heterocycles. The lowest BCUT2D eigenvalue weighted by Crippen LogP contribution is -2.45. The summed E-state index contributed by atoms with van der Waals surface area (Å²) in [6, 6.07) is 17.8. The number of hydrogen-bond acceptors (Lipinski definition) is 4. The van der Waals surface area contributed by atoms with Gasteiger partial charge in [0.1, 0.15) is 5.75 Å². The maximum Gasteiger partial charge on any atom is 0.118 e. The van der Waals surface area contributed by atoms with Crippen LogP contribution in [0.25, 0.3) is 0 Å². The van der Waals surface area contributed by atoms with E-state index in [4.69, 9.17) is 4.74 Å². The van der Waals surface area contributed by atoms with Gasteiger partial charge in [0.15, 0.2) is 0 Å². The number of likely N-dealkylation sites (N-methyl/N-ethyl adjacent to an activating group) is 1. The van der Waals surface area contributed by atoms with E-state index >= 15 is 0 Å². The monoisotopic (exact) mass is 353 g/mol. The summed E-state index contributed by atoms with van der Waals surface area (Å²) in [6.45, 7) is 7.61. The molecule has 0 spiro atoms. The van der Waals surface area contributed by atoms with Crippen LogP contribution in [0.15, 0.2) is 48.5 Å². The Bertz CT molecular complexity index is 654. The summed E-state index contributed by atoms with van der Waals surface area (Å²) in [6.07, 6.45) is 2.19. The van der Waals surface area contributed by atoms with Crippen molar-refractivity contribution in [3.05, 3.63) is 59.7 Å². The van der Waals surface area contributed by atoms with Gasteiger partial charge < -0.3 is 15.4 Å². The van der Waals surface area contributed by atoms with E-state index in [0.29, 0.717) is 6.04 Å². The molecule has 1 aliphatic heterocycles. The summed E-state index contributed by atoms with van der Waals surface area (Å²) in [5, 5.41) is 7.05. The quantitative estimate of drug-likeness (QED) is 0.710. The smallest absolute Gasteiger partial charge is 0.118 e. The summed E-state index contributed by atoms with van der Waals surface area (Å²) in [5.74, 6) is 0.918. The highest BCUT2D eigenvalue weighted by Gasteiger charge is 2.21. The SMILES string of the molecule is CCN1CCNCC1c1ccc(NCCCc2ccc(OC)cc2)cc1. The molecule has 4 nitrogen and oxygen atoms in total. The van der Waals surface area contributed by atoms with Crippen LogP contribution in [-0.2, 0) is 6.42 Å². The van der Waals surface area contributed by atoms with Crippen molar-refractivity contribution in [1.29, 1.82) is 0 Å². The molecule has 0 bridgehead atoms. The zero-order valence-corrected chi connectivity index (χ0v) is 16.0. The van der Waals surface area contributed by atoms with Gasteiger partial charge in [-0.3, -0.25) is 4.90 Å². The molecule has 140 valence electrons. The van der Waals surface area contributed by atoms with Gasteiger partial charge in [0, 0.05) is 37.9 Å². The first-order valence-electron chi connectivity index (χ1n) is 9.71. The van der Waals surface area contributed by atoms with Crippen molar-refractivity contribution in [2.75, 3.05) is 45.2 Å². The van der Waals surface area contributed by atoms with Gasteiger partial charge in [-0.1, -0.05) is 31.2 Å². The molecule has 0 aliphatic carbocycles. The number of ether oxygens (including phenoxy) is 1. The standard InChI is InChI=1S/C22H31N3O/c1-3-25-16-15-23-17-22(25)19-8-10-20(11-9-19)24-14-4-5-18-6-12-21(26-2)13-7-18/h6-13,22-24H,3-5,14-17H2,1-2H3. The third kappa shape index (κ3) is 4.99. The number of hydrogen-bond donors (Lipinski definition) is 2. The molecule has 2 aromatic rings. The lowest BCUT2D eigenvalue weighted by Gasteiger charge is -2.35. The minimum atomic E-state index is 0.498. The van der Waals surface area contributed by atoms with Gasteiger partial charge in [0.2, 0.25) is 0 Å². The van der Waals surface area contributed by atoms with E-state index in [1.165, 1.54) is 16.8 Å². The van der Waals surface area contributed by atoms with Crippen molar-refractivity contribution in [2.24, 2.45) is 0 Å². The second-order valence-electron chi connectivity index (χ2n) is 6.85. The van der Waals surface area contributed by atoms with Crippen molar-refractivity contribution in [1.82, 2.24) is 10.2 Å². The first kappa shape index (κ1) is 18.7. The van der Waals surface area contributed by atoms with Crippen molar-refractivity contribution >= 4 is 5.69 Å². The maximum absolute atomic E-state index is 5.20. The zero-order chi connectivity index (χ0) is 18.2. The summed E-state index contributed by atoms with van der Waals surface area (Å²) < 4.78 is 5.20. The minimum Gasteiger partial charge on any atom is -0.497 e. The molecule has 0 saturated carbocycles. The van der Waals surface area contributed by atoms with Crippen molar-refractivity contribution in [2.45, 2.75) is 25.8 Å². The first-order chi connectivity index (χ1) is 12.8. The fourth-order valence-electron chi connectivity index (χ4n) is 3.59. The first-order valence-corrected chi connectivity index (χ1v) is 9.71. The van der Waals surface area contributed by atoms with Crippen LogP contribution in [0.4, 0.5) is 5.69 Å². The van der Waals surface area contributed by atoms with Crippen LogP contribution in [0.3, 0.4) is 0 Å². The molecule has 1 fully saturated rings. The summed E-state index contributed by atoms with van der Waals surface area (Å²) in [7, 11) is 1.70. The molecule has 1 atom stereocenters. The molecule has 0 radical (unpaired) electrons. The second kappa shape index (κ2) is 9.60. The highest BCUT2D eigenvalue weighted by atomic mass is 16.5. The Labute approximate surface area is 157 Å². The number of nitrogens with one attached hydrogen (secondary N) is 2. The number of nitrogens with zero attached hydrogens (tertiary/aromatic N) is 1. The molecule has 2 N–H and O–H groups in total. The molecule has 0 amide bonds. The number of methoxy groups -OCH3 is 1. The van der Waals surface area contributed by atoms with Crippen LogP contribution in [0, 0.1) is 0 Å². The molecule has 3 rings (SSSR count). The highest BCUT2D eigenvalue weighted by Crippen LogP contribution is 2.23. The summed E-state index contributed by atoms with van der Waals surface area (Å²) >= 11 is 0. The number of benzene rings is 2. The van der Waals surface area contributed by atoms with Crippen molar-refractivity contribution in [3.63, 3.8) is 0 Å².